The predicted octanol–water partition coefficient (Wildman–Crippen LogP) is 3.02. The number of urea groups is 1. The van der Waals surface area contributed by atoms with E-state index in [-0.39, 0.29) is 28.5 Å². The molecule has 152 valence electrons. The van der Waals surface area contributed by atoms with E-state index in [4.69, 9.17) is 4.42 Å². The number of rotatable bonds is 5. The van der Waals surface area contributed by atoms with Crippen LogP contribution in [0.1, 0.15) is 38.5 Å². The molecule has 9 heteroatoms. The molecule has 0 unspecified atom stereocenters. The Morgan fingerprint density at radius 1 is 1.14 bits per heavy atom. The van der Waals surface area contributed by atoms with E-state index in [1.165, 1.54) is 19.3 Å². The fraction of sp³-hybridized carbons (Fsp3) is 0.550. The number of amides is 3. The molecular weight excluding hydrogens is 390 g/mol. The van der Waals surface area contributed by atoms with Gasteiger partial charge in [-0.05, 0) is 68.4 Å². The number of carbonyl (C=O) groups is 2. The third-order valence-corrected chi connectivity index (χ3v) is 7.13. The number of imide groups is 1. The minimum Gasteiger partial charge on any atom is -0.411 e. The zero-order valence-electron chi connectivity index (χ0n) is 16.0. The molecule has 2 N–H and O–H groups in total. The monoisotopic (exact) mass is 413 g/mol. The summed E-state index contributed by atoms with van der Waals surface area (Å²) in [5, 5.41) is 13.8. The van der Waals surface area contributed by atoms with Gasteiger partial charge >= 0.3 is 6.03 Å². The summed E-state index contributed by atoms with van der Waals surface area (Å²) in [5.41, 5.74) is 0.600. The van der Waals surface area contributed by atoms with E-state index in [0.29, 0.717) is 11.5 Å². The number of nitrogens with zero attached hydrogens (tertiary/aromatic N) is 3. The average Bonchev–Trinajstić information content (AvgIpc) is 3.14. The second-order valence-electron chi connectivity index (χ2n) is 8.60. The van der Waals surface area contributed by atoms with Crippen molar-refractivity contribution in [3.63, 3.8) is 0 Å². The van der Waals surface area contributed by atoms with Crippen LogP contribution in [0, 0.1) is 17.8 Å². The first kappa shape index (κ1) is 18.6. The lowest BCUT2D eigenvalue weighted by molar-refractivity contribution is -0.117. The number of aromatic nitrogens is 3. The van der Waals surface area contributed by atoms with Gasteiger partial charge in [-0.25, -0.2) is 4.79 Å². The normalized spacial score (nSPS) is 29.6. The van der Waals surface area contributed by atoms with Crippen molar-refractivity contribution in [2.24, 2.45) is 17.8 Å². The molecule has 4 fully saturated rings. The number of hydrogen-bond acceptors (Lipinski definition) is 7. The molecule has 4 saturated carbocycles. The van der Waals surface area contributed by atoms with E-state index < -0.39 is 0 Å². The molecule has 8 nitrogen and oxygen atoms in total. The lowest BCUT2D eigenvalue weighted by Crippen LogP contribution is -2.61. The van der Waals surface area contributed by atoms with Crippen LogP contribution in [0.15, 0.2) is 34.2 Å². The maximum atomic E-state index is 12.4. The summed E-state index contributed by atoms with van der Waals surface area (Å²) < 4.78 is 5.54. The highest BCUT2D eigenvalue weighted by molar-refractivity contribution is 7.99. The molecule has 6 rings (SSSR count). The van der Waals surface area contributed by atoms with Gasteiger partial charge in [-0.3, -0.25) is 15.1 Å². The summed E-state index contributed by atoms with van der Waals surface area (Å²) in [6.45, 7) is 0. The molecule has 0 aliphatic heterocycles. The number of pyridine rings is 1. The van der Waals surface area contributed by atoms with Crippen molar-refractivity contribution in [3.8, 4) is 11.5 Å². The molecule has 2 aromatic rings. The van der Waals surface area contributed by atoms with Crippen LogP contribution in [0.4, 0.5) is 4.79 Å². The maximum absolute atomic E-state index is 12.4. The molecule has 0 saturated heterocycles. The zero-order valence-corrected chi connectivity index (χ0v) is 16.8. The Kier molecular flexibility index (Phi) is 4.77. The fourth-order valence-corrected chi connectivity index (χ4v) is 6.26. The van der Waals surface area contributed by atoms with Crippen molar-refractivity contribution in [3.05, 3.63) is 24.5 Å². The highest BCUT2D eigenvalue weighted by atomic mass is 32.2. The molecule has 0 atom stereocenters. The summed E-state index contributed by atoms with van der Waals surface area (Å²) in [6.07, 6.45) is 10.4. The first-order valence-electron chi connectivity index (χ1n) is 10.1. The zero-order chi connectivity index (χ0) is 19.8. The van der Waals surface area contributed by atoms with E-state index in [1.807, 2.05) is 6.07 Å². The van der Waals surface area contributed by atoms with Gasteiger partial charge in [-0.1, -0.05) is 11.8 Å². The summed E-state index contributed by atoms with van der Waals surface area (Å²) in [4.78, 5) is 28.6. The summed E-state index contributed by atoms with van der Waals surface area (Å²) >= 11 is 1.10. The average molecular weight is 414 g/mol. The van der Waals surface area contributed by atoms with Gasteiger partial charge in [-0.2, -0.15) is 0 Å². The van der Waals surface area contributed by atoms with Crippen LogP contribution in [0.3, 0.4) is 0 Å². The van der Waals surface area contributed by atoms with E-state index >= 15 is 0 Å². The molecule has 2 heterocycles. The summed E-state index contributed by atoms with van der Waals surface area (Å²) in [6, 6.07) is 3.21. The SMILES string of the molecule is O=C(CSc1nnc(-c2cccnc2)o1)NC(=O)NC12CC3CC(CC(C3)C1)C2. The van der Waals surface area contributed by atoms with Crippen LogP contribution >= 0.6 is 11.8 Å². The van der Waals surface area contributed by atoms with E-state index in [0.717, 1.165) is 48.8 Å². The van der Waals surface area contributed by atoms with E-state index in [1.54, 1.807) is 18.5 Å². The smallest absolute Gasteiger partial charge is 0.321 e. The minimum absolute atomic E-state index is 0.0307. The van der Waals surface area contributed by atoms with Crippen molar-refractivity contribution in [1.29, 1.82) is 0 Å². The fourth-order valence-electron chi connectivity index (χ4n) is 5.70. The summed E-state index contributed by atoms with van der Waals surface area (Å²) in [7, 11) is 0. The van der Waals surface area contributed by atoms with Crippen LogP contribution in [0.2, 0.25) is 0 Å². The Morgan fingerprint density at radius 2 is 1.86 bits per heavy atom. The first-order chi connectivity index (χ1) is 14.1. The Morgan fingerprint density at radius 3 is 2.52 bits per heavy atom. The van der Waals surface area contributed by atoms with Crippen LogP contribution in [-0.4, -0.2) is 38.4 Å². The van der Waals surface area contributed by atoms with Crippen molar-refractivity contribution in [2.75, 3.05) is 5.75 Å². The first-order valence-corrected chi connectivity index (χ1v) is 11.0. The van der Waals surface area contributed by atoms with Gasteiger partial charge in [0.05, 0.1) is 11.3 Å². The minimum atomic E-state index is -0.390. The van der Waals surface area contributed by atoms with Gasteiger partial charge in [0, 0.05) is 17.9 Å². The summed E-state index contributed by atoms with van der Waals surface area (Å²) in [5.74, 6) is 2.21. The second-order valence-corrected chi connectivity index (χ2v) is 9.53. The molecule has 0 radical (unpaired) electrons. The number of nitrogens with one attached hydrogen (secondary N) is 2. The molecular formula is C20H23N5O3S. The Balaban J connectivity index is 1.12. The largest absolute Gasteiger partial charge is 0.411 e. The van der Waals surface area contributed by atoms with Crippen LogP contribution in [0.25, 0.3) is 11.5 Å². The molecule has 29 heavy (non-hydrogen) atoms. The van der Waals surface area contributed by atoms with Gasteiger partial charge in [0.15, 0.2) is 0 Å². The second kappa shape index (κ2) is 7.44. The molecule has 2 aromatic heterocycles. The highest BCUT2D eigenvalue weighted by Gasteiger charge is 2.51. The molecule has 4 aliphatic rings. The van der Waals surface area contributed by atoms with Crippen molar-refractivity contribution in [2.45, 2.75) is 49.3 Å². The van der Waals surface area contributed by atoms with Crippen molar-refractivity contribution < 1.29 is 14.0 Å². The van der Waals surface area contributed by atoms with Crippen LogP contribution < -0.4 is 10.6 Å². The van der Waals surface area contributed by atoms with Gasteiger partial charge < -0.3 is 9.73 Å². The Bertz CT molecular complexity index is 881. The van der Waals surface area contributed by atoms with Gasteiger partial charge in [0.25, 0.3) is 5.22 Å². The predicted molar refractivity (Wildman–Crippen MR) is 106 cm³/mol. The molecule has 4 aliphatic carbocycles. The van der Waals surface area contributed by atoms with Crippen LogP contribution in [0.5, 0.6) is 0 Å². The van der Waals surface area contributed by atoms with Gasteiger partial charge in [0.2, 0.25) is 11.8 Å². The topological polar surface area (TPSA) is 110 Å². The molecule has 0 spiro atoms. The Hall–Kier alpha value is -2.42. The standard InChI is InChI=1S/C20H23N5O3S/c26-16(11-29-19-25-24-17(28-19)15-2-1-3-21-10-15)22-18(27)23-20-7-12-4-13(8-20)6-14(5-12)9-20/h1-3,10,12-14H,4-9,11H2,(H2,22,23,26,27). The number of carbonyl (C=O) groups excluding carboxylic acids is 2. The quantitative estimate of drug-likeness (QED) is 0.725. The van der Waals surface area contributed by atoms with Crippen molar-refractivity contribution >= 4 is 23.7 Å². The third kappa shape index (κ3) is 4.01. The van der Waals surface area contributed by atoms with Crippen LogP contribution in [-0.2, 0) is 4.79 Å². The highest BCUT2D eigenvalue weighted by Crippen LogP contribution is 2.55. The van der Waals surface area contributed by atoms with Gasteiger partial charge in [0.1, 0.15) is 0 Å². The number of hydrogen-bond donors (Lipinski definition) is 2. The molecule has 3 amide bonds. The third-order valence-electron chi connectivity index (χ3n) is 6.31. The van der Waals surface area contributed by atoms with E-state index in [2.05, 4.69) is 25.8 Å². The van der Waals surface area contributed by atoms with Gasteiger partial charge in [-0.15, -0.1) is 10.2 Å². The van der Waals surface area contributed by atoms with E-state index in [9.17, 15) is 9.59 Å². The molecule has 0 aromatic carbocycles. The maximum Gasteiger partial charge on any atom is 0.321 e. The lowest BCUT2D eigenvalue weighted by Gasteiger charge is -2.56. The lowest BCUT2D eigenvalue weighted by atomic mass is 9.53. The van der Waals surface area contributed by atoms with Crippen molar-refractivity contribution in [1.82, 2.24) is 25.8 Å². The number of thioether (sulfide) groups is 1. The molecule has 4 bridgehead atoms. The Labute approximate surface area is 172 Å².